The van der Waals surface area contributed by atoms with E-state index in [2.05, 4.69) is 10.3 Å². The largest absolute Gasteiger partial charge is 0.469 e. The molecule has 0 atom stereocenters. The first-order valence-corrected chi connectivity index (χ1v) is 12.0. The van der Waals surface area contributed by atoms with E-state index in [0.29, 0.717) is 31.1 Å². The number of methoxy groups -OCH3 is 1. The number of imidazole rings is 1. The number of likely N-dealkylation sites (tertiary alicyclic amines) is 1. The Labute approximate surface area is 196 Å². The highest BCUT2D eigenvalue weighted by Crippen LogP contribution is 2.28. The van der Waals surface area contributed by atoms with Gasteiger partial charge >= 0.3 is 12.1 Å². The Morgan fingerprint density at radius 2 is 1.76 bits per heavy atom. The third-order valence-corrected chi connectivity index (χ3v) is 6.54. The molecule has 184 valence electrons. The smallest absolute Gasteiger partial charge is 0.410 e. The molecule has 1 aromatic rings. The fourth-order valence-corrected chi connectivity index (χ4v) is 4.61. The fraction of sp³-hybridized carbons (Fsp3) is 0.750. The second-order valence-corrected chi connectivity index (χ2v) is 10.2. The van der Waals surface area contributed by atoms with Crippen LogP contribution in [0.15, 0.2) is 12.5 Å². The maximum absolute atomic E-state index is 12.7. The van der Waals surface area contributed by atoms with Crippen LogP contribution >= 0.6 is 0 Å². The summed E-state index contributed by atoms with van der Waals surface area (Å²) in [6, 6.07) is 0.358. The van der Waals surface area contributed by atoms with E-state index in [4.69, 9.17) is 9.47 Å². The number of amides is 2. The van der Waals surface area contributed by atoms with Crippen LogP contribution in [-0.4, -0.2) is 64.3 Å². The van der Waals surface area contributed by atoms with Gasteiger partial charge in [0.25, 0.3) is 5.91 Å². The van der Waals surface area contributed by atoms with Crippen molar-refractivity contribution in [2.45, 2.75) is 89.8 Å². The fourth-order valence-electron chi connectivity index (χ4n) is 4.61. The highest BCUT2D eigenvalue weighted by Gasteiger charge is 2.28. The Kier molecular flexibility index (Phi) is 8.37. The lowest BCUT2D eigenvalue weighted by atomic mass is 9.83. The molecule has 9 heteroatoms. The van der Waals surface area contributed by atoms with Crippen molar-refractivity contribution in [1.82, 2.24) is 19.8 Å². The lowest BCUT2D eigenvalue weighted by molar-refractivity contribution is -0.141. The Balaban J connectivity index is 1.42. The van der Waals surface area contributed by atoms with Crippen molar-refractivity contribution in [3.8, 4) is 0 Å². The number of nitrogens with one attached hydrogen (secondary N) is 1. The summed E-state index contributed by atoms with van der Waals surface area (Å²) in [5.41, 5.74) is -0.0690. The van der Waals surface area contributed by atoms with Crippen LogP contribution in [0.5, 0.6) is 0 Å². The number of nitrogens with zero attached hydrogens (tertiary/aromatic N) is 3. The number of esters is 1. The molecule has 0 radical (unpaired) electrons. The molecule has 0 bridgehead atoms. The molecule has 1 aromatic heterocycles. The Hall–Kier alpha value is -2.58. The minimum Gasteiger partial charge on any atom is -0.469 e. The van der Waals surface area contributed by atoms with Gasteiger partial charge in [0.15, 0.2) is 0 Å². The predicted molar refractivity (Wildman–Crippen MR) is 123 cm³/mol. The highest BCUT2D eigenvalue weighted by atomic mass is 16.6. The molecule has 1 saturated heterocycles. The number of hydrogen-bond donors (Lipinski definition) is 1. The molecule has 0 unspecified atom stereocenters. The van der Waals surface area contributed by atoms with Gasteiger partial charge in [-0.15, -0.1) is 0 Å². The number of hydrogen-bond acceptors (Lipinski definition) is 6. The van der Waals surface area contributed by atoms with E-state index in [1.54, 1.807) is 11.2 Å². The van der Waals surface area contributed by atoms with Crippen LogP contribution in [0.25, 0.3) is 0 Å². The van der Waals surface area contributed by atoms with Gasteiger partial charge in [0.2, 0.25) is 0 Å². The SMILES string of the molecule is COC(=O)CCC1CCC(NC(=O)c2cn(C3CCN(C(=O)OC(C)(C)C)CC3)cn2)CC1. The topological polar surface area (TPSA) is 103 Å². The van der Waals surface area contributed by atoms with Crippen molar-refractivity contribution in [2.75, 3.05) is 20.2 Å². The number of piperidine rings is 1. The summed E-state index contributed by atoms with van der Waals surface area (Å²) < 4.78 is 12.2. The van der Waals surface area contributed by atoms with Gasteiger partial charge in [0, 0.05) is 37.8 Å². The third-order valence-electron chi connectivity index (χ3n) is 6.54. The van der Waals surface area contributed by atoms with Crippen LogP contribution in [0.3, 0.4) is 0 Å². The maximum Gasteiger partial charge on any atom is 0.410 e. The lowest BCUT2D eigenvalue weighted by Crippen LogP contribution is -2.42. The van der Waals surface area contributed by atoms with Crippen LogP contribution < -0.4 is 5.32 Å². The first-order chi connectivity index (χ1) is 15.6. The highest BCUT2D eigenvalue weighted by molar-refractivity contribution is 5.92. The van der Waals surface area contributed by atoms with Gasteiger partial charge in [0.05, 0.1) is 13.4 Å². The van der Waals surface area contributed by atoms with Crippen molar-refractivity contribution in [3.05, 3.63) is 18.2 Å². The van der Waals surface area contributed by atoms with Gasteiger partial charge in [-0.05, 0) is 71.6 Å². The van der Waals surface area contributed by atoms with E-state index in [-0.39, 0.29) is 30.1 Å². The zero-order valence-corrected chi connectivity index (χ0v) is 20.3. The zero-order chi connectivity index (χ0) is 24.0. The molecule has 0 spiro atoms. The summed E-state index contributed by atoms with van der Waals surface area (Å²) >= 11 is 0. The molecular weight excluding hydrogens is 424 g/mol. The second-order valence-electron chi connectivity index (χ2n) is 10.2. The number of carbonyl (C=O) groups is 3. The minimum absolute atomic E-state index is 0.141. The minimum atomic E-state index is -0.497. The van der Waals surface area contributed by atoms with E-state index in [1.165, 1.54) is 7.11 Å². The molecule has 3 rings (SSSR count). The van der Waals surface area contributed by atoms with Gasteiger partial charge < -0.3 is 24.3 Å². The average molecular weight is 463 g/mol. The van der Waals surface area contributed by atoms with Gasteiger partial charge in [-0.1, -0.05) is 0 Å². The summed E-state index contributed by atoms with van der Waals surface area (Å²) in [6.45, 7) is 6.85. The molecular formula is C24H38N4O5. The Morgan fingerprint density at radius 1 is 1.09 bits per heavy atom. The molecule has 2 fully saturated rings. The Bertz CT molecular complexity index is 815. The van der Waals surface area contributed by atoms with Gasteiger partial charge in [-0.2, -0.15) is 0 Å². The van der Waals surface area contributed by atoms with Crippen molar-refractivity contribution in [3.63, 3.8) is 0 Å². The predicted octanol–water partition coefficient (Wildman–Crippen LogP) is 3.70. The number of rotatable bonds is 6. The standard InChI is InChI=1S/C24H38N4O5/c1-24(2,3)33-23(31)27-13-11-19(12-14-27)28-15-20(25-16-28)22(30)26-18-8-5-17(6-9-18)7-10-21(29)32-4/h15-19H,5-14H2,1-4H3,(H,26,30). The molecule has 0 aromatic carbocycles. The van der Waals surface area contributed by atoms with Crippen molar-refractivity contribution >= 4 is 18.0 Å². The summed E-state index contributed by atoms with van der Waals surface area (Å²) in [7, 11) is 1.42. The molecule has 1 aliphatic heterocycles. The molecule has 1 N–H and O–H groups in total. The summed E-state index contributed by atoms with van der Waals surface area (Å²) in [6.07, 6.45) is 10.0. The zero-order valence-electron chi connectivity index (χ0n) is 20.3. The maximum atomic E-state index is 12.7. The molecule has 1 aliphatic carbocycles. The van der Waals surface area contributed by atoms with Gasteiger partial charge in [-0.25, -0.2) is 9.78 Å². The molecule has 2 amide bonds. The molecule has 9 nitrogen and oxygen atoms in total. The van der Waals surface area contributed by atoms with E-state index < -0.39 is 5.60 Å². The normalized spacial score (nSPS) is 22.0. The first-order valence-electron chi connectivity index (χ1n) is 12.0. The van der Waals surface area contributed by atoms with E-state index in [0.717, 1.165) is 44.9 Å². The van der Waals surface area contributed by atoms with Gasteiger partial charge in [-0.3, -0.25) is 9.59 Å². The van der Waals surface area contributed by atoms with Crippen LogP contribution in [0.2, 0.25) is 0 Å². The molecule has 2 heterocycles. The quantitative estimate of drug-likeness (QED) is 0.647. The third kappa shape index (κ3) is 7.47. The lowest BCUT2D eigenvalue weighted by Gasteiger charge is -2.33. The van der Waals surface area contributed by atoms with Crippen molar-refractivity contribution < 1.29 is 23.9 Å². The van der Waals surface area contributed by atoms with Crippen molar-refractivity contribution in [1.29, 1.82) is 0 Å². The van der Waals surface area contributed by atoms with E-state index in [9.17, 15) is 14.4 Å². The number of aromatic nitrogens is 2. The Morgan fingerprint density at radius 3 is 2.36 bits per heavy atom. The van der Waals surface area contributed by atoms with Crippen LogP contribution in [0.4, 0.5) is 4.79 Å². The first kappa shape index (κ1) is 25.1. The van der Waals surface area contributed by atoms with Crippen LogP contribution in [0, 0.1) is 5.92 Å². The monoisotopic (exact) mass is 462 g/mol. The summed E-state index contributed by atoms with van der Waals surface area (Å²) in [5.74, 6) is 0.220. The molecule has 1 saturated carbocycles. The second kappa shape index (κ2) is 11.0. The average Bonchev–Trinajstić information content (AvgIpc) is 3.28. The van der Waals surface area contributed by atoms with Crippen LogP contribution in [-0.2, 0) is 14.3 Å². The van der Waals surface area contributed by atoms with E-state index in [1.807, 2.05) is 31.5 Å². The number of ether oxygens (including phenoxy) is 2. The van der Waals surface area contributed by atoms with Gasteiger partial charge in [0.1, 0.15) is 11.3 Å². The van der Waals surface area contributed by atoms with Crippen molar-refractivity contribution in [2.24, 2.45) is 5.92 Å². The molecule has 33 heavy (non-hydrogen) atoms. The van der Waals surface area contributed by atoms with E-state index >= 15 is 0 Å². The van der Waals surface area contributed by atoms with Crippen LogP contribution in [0.1, 0.15) is 88.7 Å². The molecule has 2 aliphatic rings. The summed E-state index contributed by atoms with van der Waals surface area (Å²) in [4.78, 5) is 42.3. The number of carbonyl (C=O) groups excluding carboxylic acids is 3. The summed E-state index contributed by atoms with van der Waals surface area (Å²) in [5, 5.41) is 3.12.